The van der Waals surface area contributed by atoms with Gasteiger partial charge in [0.15, 0.2) is 0 Å². The van der Waals surface area contributed by atoms with Gasteiger partial charge in [-0.1, -0.05) is 34.1 Å². The lowest BCUT2D eigenvalue weighted by Crippen LogP contribution is -2.68. The van der Waals surface area contributed by atoms with Gasteiger partial charge in [-0.05, 0) is 106 Å². The normalized spacial score (nSPS) is 50.8. The second-order valence-corrected chi connectivity index (χ2v) is 13.7. The van der Waals surface area contributed by atoms with E-state index in [4.69, 9.17) is 0 Å². The monoisotopic (exact) mass is 450 g/mol. The largest absolute Gasteiger partial charge is 0.393 e. The summed E-state index contributed by atoms with van der Waals surface area (Å²) in [6.07, 6.45) is 8.50. The van der Waals surface area contributed by atoms with E-state index in [1.807, 2.05) is 13.8 Å². The number of hydrogen-bond acceptors (Lipinski definition) is 4. The fourth-order valence-electron chi connectivity index (χ4n) is 9.30. The first kappa shape index (κ1) is 24.9. The molecule has 4 fully saturated rings. The molecule has 4 saturated carbocycles. The first-order valence-corrected chi connectivity index (χ1v) is 13.5. The van der Waals surface area contributed by atoms with Crippen molar-refractivity contribution < 1.29 is 20.4 Å². The van der Waals surface area contributed by atoms with E-state index in [2.05, 4.69) is 27.7 Å². The van der Waals surface area contributed by atoms with Crippen LogP contribution in [0.25, 0.3) is 0 Å². The maximum atomic E-state index is 11.6. The van der Waals surface area contributed by atoms with E-state index in [1.165, 1.54) is 25.7 Å². The number of aliphatic hydroxyl groups is 4. The first-order chi connectivity index (χ1) is 14.7. The summed E-state index contributed by atoms with van der Waals surface area (Å²) in [6.45, 7) is 13.2. The van der Waals surface area contributed by atoms with Crippen molar-refractivity contribution >= 4 is 0 Å². The number of fused-ring (bicyclic) bond motifs is 5. The highest BCUT2D eigenvalue weighted by Crippen LogP contribution is 2.69. The third kappa shape index (κ3) is 3.71. The number of hydrogen-bond donors (Lipinski definition) is 4. The molecule has 4 aliphatic rings. The minimum atomic E-state index is -1.14. The zero-order chi connectivity index (χ0) is 23.7. The van der Waals surface area contributed by atoms with Crippen molar-refractivity contribution in [1.29, 1.82) is 0 Å². The van der Waals surface area contributed by atoms with E-state index in [1.54, 1.807) is 0 Å². The van der Waals surface area contributed by atoms with Gasteiger partial charge in [-0.25, -0.2) is 0 Å². The van der Waals surface area contributed by atoms with Gasteiger partial charge in [0.05, 0.1) is 23.4 Å². The van der Waals surface area contributed by atoms with Crippen LogP contribution in [-0.4, -0.2) is 43.8 Å². The fraction of sp³-hybridized carbons (Fsp3) is 1.00. The summed E-state index contributed by atoms with van der Waals surface area (Å²) < 4.78 is 0. The van der Waals surface area contributed by atoms with Crippen LogP contribution in [0.5, 0.6) is 0 Å². The van der Waals surface area contributed by atoms with Gasteiger partial charge in [-0.3, -0.25) is 0 Å². The molecule has 0 heterocycles. The molecule has 0 amide bonds. The van der Waals surface area contributed by atoms with Gasteiger partial charge in [-0.2, -0.15) is 0 Å². The highest BCUT2D eigenvalue weighted by Gasteiger charge is 2.67. The molecule has 0 spiro atoms. The summed E-state index contributed by atoms with van der Waals surface area (Å²) in [5, 5.41) is 43.5. The second-order valence-electron chi connectivity index (χ2n) is 13.7. The van der Waals surface area contributed by atoms with E-state index in [0.29, 0.717) is 53.8 Å². The number of aliphatic hydroxyl groups excluding tert-OH is 2. The summed E-state index contributed by atoms with van der Waals surface area (Å²) in [6, 6.07) is 0. The van der Waals surface area contributed by atoms with Crippen molar-refractivity contribution in [3.63, 3.8) is 0 Å². The molecule has 4 aliphatic carbocycles. The lowest BCUT2D eigenvalue weighted by molar-refractivity contribution is -0.264. The lowest BCUT2D eigenvalue weighted by Gasteiger charge is -2.65. The SMILES string of the molecule is CC(CCC(C)C(C)(C)O)C1CCC2C3CC(O)C4(O)CC(O)CCC4(C)C3CCC12C. The van der Waals surface area contributed by atoms with Gasteiger partial charge in [0.2, 0.25) is 0 Å². The van der Waals surface area contributed by atoms with Gasteiger partial charge in [0, 0.05) is 11.8 Å². The van der Waals surface area contributed by atoms with Gasteiger partial charge in [0.1, 0.15) is 0 Å². The quantitative estimate of drug-likeness (QED) is 0.479. The Hall–Kier alpha value is -0.160. The van der Waals surface area contributed by atoms with Crippen molar-refractivity contribution in [3.8, 4) is 0 Å². The Kier molecular flexibility index (Phi) is 6.40. The van der Waals surface area contributed by atoms with E-state index in [-0.39, 0.29) is 5.41 Å². The van der Waals surface area contributed by atoms with E-state index in [9.17, 15) is 20.4 Å². The summed E-state index contributed by atoms with van der Waals surface area (Å²) in [5.41, 5.74) is -1.73. The van der Waals surface area contributed by atoms with Gasteiger partial charge in [-0.15, -0.1) is 0 Å². The standard InChI is InChI=1S/C28H50O4/c1-17(7-8-18(2)25(3,4)31)21-9-10-22-20-15-24(30)28(32)16-19(29)11-14-27(28,6)23(20)12-13-26(21,22)5/h17-24,29-32H,7-16H2,1-6H3. The maximum absolute atomic E-state index is 11.6. The topological polar surface area (TPSA) is 80.9 Å². The van der Waals surface area contributed by atoms with Gasteiger partial charge >= 0.3 is 0 Å². The Morgan fingerprint density at radius 2 is 1.62 bits per heavy atom. The Labute approximate surface area is 196 Å². The molecule has 0 aromatic rings. The molecular formula is C28H50O4. The van der Waals surface area contributed by atoms with Gasteiger partial charge in [0.25, 0.3) is 0 Å². The van der Waals surface area contributed by atoms with Crippen molar-refractivity contribution in [1.82, 2.24) is 0 Å². The Bertz CT molecular complexity index is 687. The highest BCUT2D eigenvalue weighted by atomic mass is 16.3. The van der Waals surface area contributed by atoms with Crippen LogP contribution >= 0.6 is 0 Å². The summed E-state index contributed by atoms with van der Waals surface area (Å²) >= 11 is 0. The molecule has 4 nitrogen and oxygen atoms in total. The fourth-order valence-corrected chi connectivity index (χ4v) is 9.30. The zero-order valence-electron chi connectivity index (χ0n) is 21.5. The highest BCUT2D eigenvalue weighted by molar-refractivity contribution is 5.17. The second kappa shape index (κ2) is 8.21. The van der Waals surface area contributed by atoms with Crippen molar-refractivity contribution in [3.05, 3.63) is 0 Å². The van der Waals surface area contributed by atoms with Crippen LogP contribution in [0.1, 0.15) is 106 Å². The molecule has 11 atom stereocenters. The molecule has 4 N–H and O–H groups in total. The smallest absolute Gasteiger partial charge is 0.0985 e. The Morgan fingerprint density at radius 1 is 0.938 bits per heavy atom. The molecule has 0 aromatic carbocycles. The molecule has 11 unspecified atom stereocenters. The molecule has 186 valence electrons. The molecular weight excluding hydrogens is 400 g/mol. The Morgan fingerprint density at radius 3 is 2.28 bits per heavy atom. The van der Waals surface area contributed by atoms with Crippen molar-refractivity contribution in [2.24, 2.45) is 46.3 Å². The van der Waals surface area contributed by atoms with Crippen molar-refractivity contribution in [2.45, 2.75) is 129 Å². The Balaban J connectivity index is 1.51. The molecule has 32 heavy (non-hydrogen) atoms. The third-order valence-corrected chi connectivity index (χ3v) is 11.9. The van der Waals surface area contributed by atoms with Crippen LogP contribution < -0.4 is 0 Å². The van der Waals surface area contributed by atoms with Crippen LogP contribution in [0.15, 0.2) is 0 Å². The molecule has 0 aliphatic heterocycles. The summed E-state index contributed by atoms with van der Waals surface area (Å²) in [7, 11) is 0. The van der Waals surface area contributed by atoms with Crippen LogP contribution in [0.3, 0.4) is 0 Å². The van der Waals surface area contributed by atoms with Crippen molar-refractivity contribution in [2.75, 3.05) is 0 Å². The first-order valence-electron chi connectivity index (χ1n) is 13.5. The average Bonchev–Trinajstić information content (AvgIpc) is 3.05. The minimum absolute atomic E-state index is 0.290. The van der Waals surface area contributed by atoms with Crippen LogP contribution in [0, 0.1) is 46.3 Å². The minimum Gasteiger partial charge on any atom is -0.393 e. The molecule has 0 bridgehead atoms. The predicted molar refractivity (Wildman–Crippen MR) is 128 cm³/mol. The van der Waals surface area contributed by atoms with Crippen LogP contribution in [0.2, 0.25) is 0 Å². The van der Waals surface area contributed by atoms with Gasteiger partial charge < -0.3 is 20.4 Å². The summed E-state index contributed by atoms with van der Waals surface area (Å²) in [5.74, 6) is 3.22. The number of rotatable bonds is 5. The maximum Gasteiger partial charge on any atom is 0.0985 e. The van der Waals surface area contributed by atoms with E-state index >= 15 is 0 Å². The molecule has 4 rings (SSSR count). The lowest BCUT2D eigenvalue weighted by atomic mass is 9.42. The van der Waals surface area contributed by atoms with Crippen LogP contribution in [-0.2, 0) is 0 Å². The third-order valence-electron chi connectivity index (χ3n) is 11.9. The molecule has 0 radical (unpaired) electrons. The zero-order valence-corrected chi connectivity index (χ0v) is 21.5. The summed E-state index contributed by atoms with van der Waals surface area (Å²) in [4.78, 5) is 0. The van der Waals surface area contributed by atoms with Crippen LogP contribution in [0.4, 0.5) is 0 Å². The molecule has 0 aromatic heterocycles. The average molecular weight is 451 g/mol. The van der Waals surface area contributed by atoms with E-state index in [0.717, 1.165) is 25.7 Å². The molecule has 4 heteroatoms. The molecule has 0 saturated heterocycles. The van der Waals surface area contributed by atoms with E-state index < -0.39 is 23.4 Å². The predicted octanol–water partition coefficient (Wildman–Crippen LogP) is 4.92.